The van der Waals surface area contributed by atoms with E-state index in [-0.39, 0.29) is 11.9 Å². The number of aromatic nitrogens is 1. The van der Waals surface area contributed by atoms with Gasteiger partial charge in [-0.2, -0.15) is 0 Å². The Morgan fingerprint density at radius 2 is 1.92 bits per heavy atom. The summed E-state index contributed by atoms with van der Waals surface area (Å²) in [6, 6.07) is 16.8. The number of ether oxygens (including phenoxy) is 1. The third-order valence-electron chi connectivity index (χ3n) is 3.93. The van der Waals surface area contributed by atoms with Gasteiger partial charge in [0, 0.05) is 23.0 Å². The first-order valence-electron chi connectivity index (χ1n) is 7.92. The molecule has 0 aliphatic rings. The zero-order chi connectivity index (χ0) is 17.8. The minimum Gasteiger partial charge on any atom is -0.461 e. The van der Waals surface area contributed by atoms with Gasteiger partial charge in [-0.25, -0.2) is 4.79 Å². The third kappa shape index (κ3) is 3.53. The Kier molecular flexibility index (Phi) is 5.09. The highest BCUT2D eigenvalue weighted by Crippen LogP contribution is 2.22. The second-order valence-corrected chi connectivity index (χ2v) is 5.76. The second kappa shape index (κ2) is 7.44. The molecular weight excluding hydrogens is 336 g/mol. The van der Waals surface area contributed by atoms with E-state index in [2.05, 4.69) is 17.5 Å². The van der Waals surface area contributed by atoms with E-state index in [0.29, 0.717) is 24.4 Å². The van der Waals surface area contributed by atoms with Crippen LogP contribution in [0.15, 0.2) is 54.6 Å². The molecule has 0 saturated heterocycles. The predicted octanol–water partition coefficient (Wildman–Crippen LogP) is 3.44. The van der Waals surface area contributed by atoms with Crippen LogP contribution in [0.5, 0.6) is 0 Å². The summed E-state index contributed by atoms with van der Waals surface area (Å²) in [6.45, 7) is 2.55. The molecule has 0 spiro atoms. The SMILES string of the molecule is CCOC(=O)c1cc2ccccc2n1Cc1cccc(C(=O)NS)c1. The molecule has 5 nitrogen and oxygen atoms in total. The van der Waals surface area contributed by atoms with Crippen LogP contribution < -0.4 is 4.72 Å². The predicted molar refractivity (Wildman–Crippen MR) is 99.9 cm³/mol. The number of fused-ring (bicyclic) bond motifs is 1. The number of hydrogen-bond acceptors (Lipinski definition) is 4. The molecule has 0 aliphatic carbocycles. The van der Waals surface area contributed by atoms with Crippen molar-refractivity contribution in [2.75, 3.05) is 6.61 Å². The number of nitrogens with one attached hydrogen (secondary N) is 1. The maximum atomic E-state index is 12.3. The highest BCUT2D eigenvalue weighted by molar-refractivity contribution is 7.78. The molecule has 0 fully saturated rings. The van der Waals surface area contributed by atoms with Gasteiger partial charge in [0.05, 0.1) is 6.61 Å². The Morgan fingerprint density at radius 3 is 2.68 bits per heavy atom. The second-order valence-electron chi connectivity index (χ2n) is 5.54. The molecule has 0 unspecified atom stereocenters. The number of carbonyl (C=O) groups is 2. The number of amides is 1. The molecule has 6 heteroatoms. The summed E-state index contributed by atoms with van der Waals surface area (Å²) in [7, 11) is 0. The zero-order valence-corrected chi connectivity index (χ0v) is 14.6. The van der Waals surface area contributed by atoms with E-state index in [1.165, 1.54) is 0 Å². The Morgan fingerprint density at radius 1 is 1.12 bits per heavy atom. The van der Waals surface area contributed by atoms with Gasteiger partial charge in [0.25, 0.3) is 5.91 Å². The Balaban J connectivity index is 2.04. The summed E-state index contributed by atoms with van der Waals surface area (Å²) in [6.07, 6.45) is 0. The topological polar surface area (TPSA) is 60.3 Å². The molecule has 3 aromatic rings. The number of rotatable bonds is 5. The van der Waals surface area contributed by atoms with Crippen molar-refractivity contribution in [2.45, 2.75) is 13.5 Å². The van der Waals surface area contributed by atoms with Crippen molar-refractivity contribution in [3.8, 4) is 0 Å². The van der Waals surface area contributed by atoms with Crippen molar-refractivity contribution in [1.82, 2.24) is 9.29 Å². The molecule has 1 heterocycles. The lowest BCUT2D eigenvalue weighted by molar-refractivity contribution is 0.0515. The number of para-hydroxylation sites is 1. The maximum Gasteiger partial charge on any atom is 0.354 e. The van der Waals surface area contributed by atoms with Crippen LogP contribution in [0.2, 0.25) is 0 Å². The first kappa shape index (κ1) is 17.1. The van der Waals surface area contributed by atoms with Crippen molar-refractivity contribution < 1.29 is 14.3 Å². The Labute approximate surface area is 151 Å². The van der Waals surface area contributed by atoms with Gasteiger partial charge in [0.2, 0.25) is 0 Å². The average molecular weight is 354 g/mol. The fraction of sp³-hybridized carbons (Fsp3) is 0.158. The van der Waals surface area contributed by atoms with E-state index in [0.717, 1.165) is 16.5 Å². The number of hydrogen-bond donors (Lipinski definition) is 2. The smallest absolute Gasteiger partial charge is 0.354 e. The van der Waals surface area contributed by atoms with Crippen molar-refractivity contribution >= 4 is 35.6 Å². The summed E-state index contributed by atoms with van der Waals surface area (Å²) < 4.78 is 9.41. The monoisotopic (exact) mass is 354 g/mol. The van der Waals surface area contributed by atoms with Crippen molar-refractivity contribution in [3.63, 3.8) is 0 Å². The standard InChI is InChI=1S/C19H18N2O3S/c1-2-24-19(23)17-11-14-7-3-4-9-16(14)21(17)12-13-6-5-8-15(10-13)18(22)20-25/h3-11,25H,2,12H2,1H3,(H,20,22). The minimum absolute atomic E-state index is 0.270. The fourth-order valence-corrected chi connectivity index (χ4v) is 2.94. The molecule has 0 aliphatic heterocycles. The molecule has 1 amide bonds. The summed E-state index contributed by atoms with van der Waals surface area (Å²) in [4.78, 5) is 24.1. The fourth-order valence-electron chi connectivity index (χ4n) is 2.81. The largest absolute Gasteiger partial charge is 0.461 e. The van der Waals surface area contributed by atoms with E-state index in [9.17, 15) is 9.59 Å². The van der Waals surface area contributed by atoms with Crippen LogP contribution in [0.4, 0.5) is 0 Å². The summed E-state index contributed by atoms with van der Waals surface area (Å²) in [5.41, 5.74) is 2.85. The molecule has 0 atom stereocenters. The van der Waals surface area contributed by atoms with Crippen molar-refractivity contribution in [3.05, 3.63) is 71.4 Å². The van der Waals surface area contributed by atoms with E-state index in [1.807, 2.05) is 47.0 Å². The lowest BCUT2D eigenvalue weighted by Gasteiger charge is -2.11. The van der Waals surface area contributed by atoms with Crippen LogP contribution in [-0.2, 0) is 11.3 Å². The maximum absolute atomic E-state index is 12.3. The molecule has 0 radical (unpaired) electrons. The van der Waals surface area contributed by atoms with Crippen LogP contribution in [0.1, 0.15) is 33.3 Å². The van der Waals surface area contributed by atoms with Gasteiger partial charge in [-0.1, -0.05) is 43.1 Å². The lowest BCUT2D eigenvalue weighted by atomic mass is 10.1. The van der Waals surface area contributed by atoms with Crippen molar-refractivity contribution in [1.29, 1.82) is 0 Å². The minimum atomic E-state index is -0.358. The number of nitrogens with zero attached hydrogens (tertiary/aromatic N) is 1. The van der Waals surface area contributed by atoms with Gasteiger partial charge < -0.3 is 9.30 Å². The van der Waals surface area contributed by atoms with Gasteiger partial charge in [0.1, 0.15) is 5.69 Å². The normalized spacial score (nSPS) is 10.6. The van der Waals surface area contributed by atoms with Crippen LogP contribution in [-0.4, -0.2) is 23.1 Å². The zero-order valence-electron chi connectivity index (χ0n) is 13.7. The Hall–Kier alpha value is -2.73. The van der Waals surface area contributed by atoms with Gasteiger partial charge in [-0.15, -0.1) is 0 Å². The van der Waals surface area contributed by atoms with Crippen LogP contribution in [0, 0.1) is 0 Å². The van der Waals surface area contributed by atoms with E-state index in [1.54, 1.807) is 19.1 Å². The molecule has 0 bridgehead atoms. The van der Waals surface area contributed by atoms with Crippen LogP contribution in [0.3, 0.4) is 0 Å². The molecule has 128 valence electrons. The molecule has 2 aromatic carbocycles. The van der Waals surface area contributed by atoms with Gasteiger partial charge in [-0.05, 0) is 36.8 Å². The number of esters is 1. The van der Waals surface area contributed by atoms with Gasteiger partial charge >= 0.3 is 5.97 Å². The third-order valence-corrected chi connectivity index (χ3v) is 4.13. The Bertz CT molecular complexity index is 933. The number of benzene rings is 2. The highest BCUT2D eigenvalue weighted by atomic mass is 32.1. The average Bonchev–Trinajstić information content (AvgIpc) is 3.00. The number of thiol groups is 1. The molecular formula is C19H18N2O3S. The summed E-state index contributed by atoms with van der Waals surface area (Å²) in [5.74, 6) is -0.629. The van der Waals surface area contributed by atoms with Gasteiger partial charge in [0.15, 0.2) is 0 Å². The van der Waals surface area contributed by atoms with Crippen molar-refractivity contribution in [2.24, 2.45) is 0 Å². The molecule has 1 N–H and O–H groups in total. The lowest BCUT2D eigenvalue weighted by Crippen LogP contribution is -2.14. The summed E-state index contributed by atoms with van der Waals surface area (Å²) in [5, 5.41) is 0.967. The molecule has 3 rings (SSSR count). The highest BCUT2D eigenvalue weighted by Gasteiger charge is 2.17. The first-order valence-corrected chi connectivity index (χ1v) is 8.37. The molecule has 25 heavy (non-hydrogen) atoms. The van der Waals surface area contributed by atoms with Gasteiger partial charge in [-0.3, -0.25) is 9.52 Å². The van der Waals surface area contributed by atoms with Crippen LogP contribution >= 0.6 is 12.8 Å². The quantitative estimate of drug-likeness (QED) is 0.545. The van der Waals surface area contributed by atoms with E-state index < -0.39 is 0 Å². The first-order chi connectivity index (χ1) is 12.1. The summed E-state index contributed by atoms with van der Waals surface area (Å²) >= 11 is 3.80. The molecule has 0 saturated carbocycles. The van der Waals surface area contributed by atoms with Crippen LogP contribution in [0.25, 0.3) is 10.9 Å². The molecule has 1 aromatic heterocycles. The number of carbonyl (C=O) groups excluding carboxylic acids is 2. The van der Waals surface area contributed by atoms with E-state index >= 15 is 0 Å². The van der Waals surface area contributed by atoms with E-state index in [4.69, 9.17) is 4.74 Å².